The van der Waals surface area contributed by atoms with E-state index in [1.807, 2.05) is 4.90 Å². The third-order valence-corrected chi connectivity index (χ3v) is 5.79. The summed E-state index contributed by atoms with van der Waals surface area (Å²) in [6, 6.07) is 4.34. The van der Waals surface area contributed by atoms with Gasteiger partial charge in [-0.25, -0.2) is 4.39 Å². The summed E-state index contributed by atoms with van der Waals surface area (Å²) in [7, 11) is 0. The summed E-state index contributed by atoms with van der Waals surface area (Å²) in [5, 5.41) is 14.3. The SMILES string of the molecule is O=C1N(CC2CCCCC2)CCC[C@@]1(O)CNCc1cc(F)cc(Cl)c1. The fraction of sp³-hybridized carbons (Fsp3) is 0.650. The van der Waals surface area contributed by atoms with Crippen molar-refractivity contribution < 1.29 is 14.3 Å². The number of rotatable bonds is 6. The van der Waals surface area contributed by atoms with Crippen LogP contribution < -0.4 is 5.32 Å². The third-order valence-electron chi connectivity index (χ3n) is 5.58. The van der Waals surface area contributed by atoms with Crippen molar-refractivity contribution in [2.45, 2.75) is 57.1 Å². The van der Waals surface area contributed by atoms with Crippen LogP contribution in [0.2, 0.25) is 5.02 Å². The van der Waals surface area contributed by atoms with Gasteiger partial charge in [0.05, 0.1) is 0 Å². The molecule has 2 aliphatic rings. The molecule has 144 valence electrons. The monoisotopic (exact) mass is 382 g/mol. The van der Waals surface area contributed by atoms with Crippen LogP contribution in [0.25, 0.3) is 0 Å². The second-order valence-electron chi connectivity index (χ2n) is 7.77. The van der Waals surface area contributed by atoms with Crippen molar-refractivity contribution in [1.29, 1.82) is 0 Å². The summed E-state index contributed by atoms with van der Waals surface area (Å²) in [6.07, 6.45) is 7.42. The fourth-order valence-electron chi connectivity index (χ4n) is 4.21. The van der Waals surface area contributed by atoms with Gasteiger partial charge in [0, 0.05) is 31.2 Å². The van der Waals surface area contributed by atoms with Gasteiger partial charge in [-0.1, -0.05) is 30.9 Å². The summed E-state index contributed by atoms with van der Waals surface area (Å²) in [5.41, 5.74) is -0.676. The first kappa shape index (κ1) is 19.6. The number of nitrogens with one attached hydrogen (secondary N) is 1. The Labute approximate surface area is 159 Å². The number of carbonyl (C=O) groups is 1. The highest BCUT2D eigenvalue weighted by atomic mass is 35.5. The molecule has 1 aliphatic carbocycles. The van der Waals surface area contributed by atoms with Gasteiger partial charge in [0.15, 0.2) is 5.60 Å². The lowest BCUT2D eigenvalue weighted by atomic mass is 9.86. The number of piperidine rings is 1. The summed E-state index contributed by atoms with van der Waals surface area (Å²) in [5.74, 6) is 0.0111. The quantitative estimate of drug-likeness (QED) is 0.791. The zero-order valence-corrected chi connectivity index (χ0v) is 15.9. The molecule has 1 atom stereocenters. The number of aliphatic hydroxyl groups is 1. The molecule has 0 aromatic heterocycles. The van der Waals surface area contributed by atoms with Gasteiger partial charge in [-0.05, 0) is 55.4 Å². The van der Waals surface area contributed by atoms with E-state index in [1.165, 1.54) is 44.2 Å². The van der Waals surface area contributed by atoms with Crippen molar-refractivity contribution in [2.24, 2.45) is 5.92 Å². The first-order chi connectivity index (χ1) is 12.5. The lowest BCUT2D eigenvalue weighted by Crippen LogP contribution is -2.58. The van der Waals surface area contributed by atoms with E-state index in [4.69, 9.17) is 11.6 Å². The van der Waals surface area contributed by atoms with Crippen molar-refractivity contribution in [3.05, 3.63) is 34.6 Å². The molecular formula is C20H28ClFN2O2. The van der Waals surface area contributed by atoms with Gasteiger partial charge < -0.3 is 15.3 Å². The smallest absolute Gasteiger partial charge is 0.255 e. The zero-order valence-electron chi connectivity index (χ0n) is 15.1. The zero-order chi connectivity index (χ0) is 18.6. The summed E-state index contributed by atoms with van der Waals surface area (Å²) < 4.78 is 13.4. The number of halogens is 2. The van der Waals surface area contributed by atoms with Crippen LogP contribution in [0.1, 0.15) is 50.5 Å². The lowest BCUT2D eigenvalue weighted by Gasteiger charge is -2.40. The number of hydrogen-bond acceptors (Lipinski definition) is 3. The van der Waals surface area contributed by atoms with Crippen LogP contribution in [0.3, 0.4) is 0 Å². The first-order valence-electron chi connectivity index (χ1n) is 9.64. The highest BCUT2D eigenvalue weighted by molar-refractivity contribution is 6.30. The molecule has 0 bridgehead atoms. The number of hydrogen-bond donors (Lipinski definition) is 2. The normalized spacial score (nSPS) is 24.9. The standard InChI is InChI=1S/C20H28ClFN2O2/c21-17-9-16(10-18(22)11-17)12-23-14-20(26)7-4-8-24(19(20)25)13-15-5-2-1-3-6-15/h9-11,15,23,26H,1-8,12-14H2/t20-/m1/s1. The molecule has 1 heterocycles. The molecule has 0 radical (unpaired) electrons. The van der Waals surface area contributed by atoms with Gasteiger partial charge in [-0.2, -0.15) is 0 Å². The topological polar surface area (TPSA) is 52.6 Å². The molecule has 1 aromatic rings. The Morgan fingerprint density at radius 1 is 1.23 bits per heavy atom. The fourth-order valence-corrected chi connectivity index (χ4v) is 4.46. The van der Waals surface area contributed by atoms with Crippen molar-refractivity contribution in [3.63, 3.8) is 0 Å². The van der Waals surface area contributed by atoms with Crippen LogP contribution >= 0.6 is 11.6 Å². The van der Waals surface area contributed by atoms with Gasteiger partial charge in [-0.3, -0.25) is 4.79 Å². The maximum Gasteiger partial charge on any atom is 0.255 e. The van der Waals surface area contributed by atoms with E-state index in [9.17, 15) is 14.3 Å². The van der Waals surface area contributed by atoms with E-state index >= 15 is 0 Å². The Morgan fingerprint density at radius 2 is 2.00 bits per heavy atom. The van der Waals surface area contributed by atoms with E-state index in [1.54, 1.807) is 6.07 Å². The molecule has 26 heavy (non-hydrogen) atoms. The van der Waals surface area contributed by atoms with Crippen LogP contribution in [0.4, 0.5) is 4.39 Å². The van der Waals surface area contributed by atoms with Crippen LogP contribution in [0.15, 0.2) is 18.2 Å². The molecule has 1 aromatic carbocycles. The Bertz CT molecular complexity index is 616. The second kappa shape index (κ2) is 8.68. The number of nitrogens with zero attached hydrogens (tertiary/aromatic N) is 1. The molecule has 2 N–H and O–H groups in total. The molecule has 1 aliphatic heterocycles. The van der Waals surface area contributed by atoms with E-state index in [-0.39, 0.29) is 18.3 Å². The molecule has 4 nitrogen and oxygen atoms in total. The third kappa shape index (κ3) is 4.96. The average molecular weight is 383 g/mol. The highest BCUT2D eigenvalue weighted by Crippen LogP contribution is 2.28. The molecule has 6 heteroatoms. The Balaban J connectivity index is 1.54. The molecule has 3 rings (SSSR count). The van der Waals surface area contributed by atoms with E-state index in [2.05, 4.69) is 5.32 Å². The molecule has 1 saturated heterocycles. The van der Waals surface area contributed by atoms with Gasteiger partial charge in [0.1, 0.15) is 5.82 Å². The Kier molecular flexibility index (Phi) is 6.54. The minimum absolute atomic E-state index is 0.168. The minimum atomic E-state index is -1.37. The predicted molar refractivity (Wildman–Crippen MR) is 100 cm³/mol. The van der Waals surface area contributed by atoms with Crippen LogP contribution in [-0.4, -0.2) is 41.1 Å². The van der Waals surface area contributed by atoms with Gasteiger partial charge in [-0.15, -0.1) is 0 Å². The highest BCUT2D eigenvalue weighted by Gasteiger charge is 2.42. The van der Waals surface area contributed by atoms with Gasteiger partial charge in [0.2, 0.25) is 0 Å². The molecule has 2 fully saturated rings. The average Bonchev–Trinajstić information content (AvgIpc) is 2.59. The minimum Gasteiger partial charge on any atom is -0.379 e. The summed E-state index contributed by atoms with van der Waals surface area (Å²) in [4.78, 5) is 14.7. The van der Waals surface area contributed by atoms with Crippen molar-refractivity contribution >= 4 is 17.5 Å². The maximum atomic E-state index is 13.4. The van der Waals surface area contributed by atoms with Gasteiger partial charge >= 0.3 is 0 Å². The number of amides is 1. The van der Waals surface area contributed by atoms with Crippen molar-refractivity contribution in [1.82, 2.24) is 10.2 Å². The van der Waals surface area contributed by atoms with Gasteiger partial charge in [0.25, 0.3) is 5.91 Å². The van der Waals surface area contributed by atoms with Crippen molar-refractivity contribution in [2.75, 3.05) is 19.6 Å². The number of likely N-dealkylation sites (tertiary alicyclic amines) is 1. The molecule has 0 unspecified atom stereocenters. The Morgan fingerprint density at radius 3 is 2.73 bits per heavy atom. The molecule has 1 amide bonds. The largest absolute Gasteiger partial charge is 0.379 e. The maximum absolute atomic E-state index is 13.4. The van der Waals surface area contributed by atoms with E-state index < -0.39 is 5.60 Å². The lowest BCUT2D eigenvalue weighted by molar-refractivity contribution is -0.157. The second-order valence-corrected chi connectivity index (χ2v) is 8.21. The summed E-state index contributed by atoms with van der Waals surface area (Å²) >= 11 is 5.86. The van der Waals surface area contributed by atoms with E-state index in [0.29, 0.717) is 29.5 Å². The number of carbonyl (C=O) groups excluding carboxylic acids is 1. The van der Waals surface area contributed by atoms with Crippen LogP contribution in [0, 0.1) is 11.7 Å². The molecule has 1 saturated carbocycles. The Hall–Kier alpha value is -1.17. The molecule has 0 spiro atoms. The number of benzene rings is 1. The van der Waals surface area contributed by atoms with Crippen molar-refractivity contribution in [3.8, 4) is 0 Å². The first-order valence-corrected chi connectivity index (χ1v) is 10.0. The molecular weight excluding hydrogens is 355 g/mol. The van der Waals surface area contributed by atoms with E-state index in [0.717, 1.165) is 19.5 Å². The van der Waals surface area contributed by atoms with Crippen LogP contribution in [-0.2, 0) is 11.3 Å². The summed E-state index contributed by atoms with van der Waals surface area (Å²) in [6.45, 7) is 2.02. The predicted octanol–water partition coefficient (Wildman–Crippen LogP) is 3.50. The van der Waals surface area contributed by atoms with Crippen LogP contribution in [0.5, 0.6) is 0 Å².